The molecule has 0 aromatic heterocycles. The summed E-state index contributed by atoms with van der Waals surface area (Å²) in [6.45, 7) is 0. The molecule has 14 heavy (non-hydrogen) atoms. The van der Waals surface area contributed by atoms with E-state index in [1.807, 2.05) is 6.07 Å². The van der Waals surface area contributed by atoms with E-state index >= 15 is 0 Å². The van der Waals surface area contributed by atoms with Gasteiger partial charge in [-0.3, -0.25) is 4.79 Å². The van der Waals surface area contributed by atoms with E-state index in [0.717, 1.165) is 0 Å². The maximum absolute atomic E-state index is 10.5. The first-order chi connectivity index (χ1) is 6.56. The number of nitrogens with zero attached hydrogens (tertiary/aromatic N) is 1. The fourth-order valence-corrected chi connectivity index (χ4v) is 1.33. The first kappa shape index (κ1) is 10.4. The second-order valence-electron chi connectivity index (χ2n) is 2.68. The highest BCUT2D eigenvalue weighted by atomic mass is 35.5. The number of carbonyl (C=O) groups is 1. The molecule has 1 rings (SSSR count). The summed E-state index contributed by atoms with van der Waals surface area (Å²) in [5, 5.41) is 17.3. The van der Waals surface area contributed by atoms with Gasteiger partial charge in [-0.05, 0) is 12.1 Å². The second-order valence-corrected chi connectivity index (χ2v) is 3.06. The predicted molar refractivity (Wildman–Crippen MR) is 51.9 cm³/mol. The van der Waals surface area contributed by atoms with Crippen molar-refractivity contribution in [3.8, 4) is 6.07 Å². The SMILES string of the molecule is N#Cc1ccc(N)c(CC(=O)O)c1Cl. The van der Waals surface area contributed by atoms with Crippen molar-refractivity contribution < 1.29 is 9.90 Å². The highest BCUT2D eigenvalue weighted by Gasteiger charge is 2.12. The molecule has 4 nitrogen and oxygen atoms in total. The van der Waals surface area contributed by atoms with Crippen molar-refractivity contribution in [1.82, 2.24) is 0 Å². The van der Waals surface area contributed by atoms with Crippen molar-refractivity contribution in [3.63, 3.8) is 0 Å². The lowest BCUT2D eigenvalue weighted by Gasteiger charge is -2.06. The molecule has 0 aliphatic carbocycles. The number of aliphatic carboxylic acids is 1. The highest BCUT2D eigenvalue weighted by molar-refractivity contribution is 6.33. The van der Waals surface area contributed by atoms with Crippen LogP contribution in [0.15, 0.2) is 12.1 Å². The third-order valence-corrected chi connectivity index (χ3v) is 2.16. The molecule has 0 bridgehead atoms. The minimum Gasteiger partial charge on any atom is -0.481 e. The Bertz CT molecular complexity index is 424. The van der Waals surface area contributed by atoms with Gasteiger partial charge in [0.1, 0.15) is 6.07 Å². The first-order valence-corrected chi connectivity index (χ1v) is 4.12. The Morgan fingerprint density at radius 3 is 2.79 bits per heavy atom. The summed E-state index contributed by atoms with van der Waals surface area (Å²) in [7, 11) is 0. The van der Waals surface area contributed by atoms with Gasteiger partial charge in [-0.1, -0.05) is 11.6 Å². The van der Waals surface area contributed by atoms with E-state index < -0.39 is 5.97 Å². The number of halogens is 1. The van der Waals surface area contributed by atoms with Gasteiger partial charge in [-0.15, -0.1) is 0 Å². The summed E-state index contributed by atoms with van der Waals surface area (Å²) >= 11 is 5.79. The molecule has 72 valence electrons. The summed E-state index contributed by atoms with van der Waals surface area (Å²) in [5.74, 6) is -1.03. The quantitative estimate of drug-likeness (QED) is 0.723. The number of nitrogen functional groups attached to an aromatic ring is 1. The van der Waals surface area contributed by atoms with E-state index in [0.29, 0.717) is 5.56 Å². The molecule has 0 atom stereocenters. The molecule has 0 saturated carbocycles. The zero-order valence-electron chi connectivity index (χ0n) is 7.12. The predicted octanol–water partition coefficient (Wildman–Crippen LogP) is 1.42. The van der Waals surface area contributed by atoms with Crippen molar-refractivity contribution in [2.75, 3.05) is 5.73 Å². The molecule has 3 N–H and O–H groups in total. The Labute approximate surface area is 85.5 Å². The Balaban J connectivity index is 3.27. The van der Waals surface area contributed by atoms with Gasteiger partial charge in [0.25, 0.3) is 0 Å². The fraction of sp³-hybridized carbons (Fsp3) is 0.111. The lowest BCUT2D eigenvalue weighted by molar-refractivity contribution is -0.136. The van der Waals surface area contributed by atoms with E-state index in [2.05, 4.69) is 0 Å². The van der Waals surface area contributed by atoms with Gasteiger partial charge < -0.3 is 10.8 Å². The average Bonchev–Trinajstić information content (AvgIpc) is 2.12. The first-order valence-electron chi connectivity index (χ1n) is 3.75. The van der Waals surface area contributed by atoms with Crippen LogP contribution in [0.5, 0.6) is 0 Å². The van der Waals surface area contributed by atoms with Gasteiger partial charge in [0.15, 0.2) is 0 Å². The highest BCUT2D eigenvalue weighted by Crippen LogP contribution is 2.26. The van der Waals surface area contributed by atoms with E-state index in [1.54, 1.807) is 0 Å². The number of hydrogen-bond donors (Lipinski definition) is 2. The third kappa shape index (κ3) is 1.95. The van der Waals surface area contributed by atoms with Crippen LogP contribution < -0.4 is 5.73 Å². The van der Waals surface area contributed by atoms with Crippen LogP contribution in [0, 0.1) is 11.3 Å². The molecule has 1 aromatic carbocycles. The number of nitriles is 1. The van der Waals surface area contributed by atoms with E-state index in [9.17, 15) is 4.79 Å². The second kappa shape index (κ2) is 3.99. The minimum atomic E-state index is -1.03. The zero-order valence-corrected chi connectivity index (χ0v) is 7.88. The van der Waals surface area contributed by atoms with E-state index in [-0.39, 0.29) is 22.7 Å². The van der Waals surface area contributed by atoms with Crippen LogP contribution >= 0.6 is 11.6 Å². The van der Waals surface area contributed by atoms with Gasteiger partial charge in [0.05, 0.1) is 17.0 Å². The number of rotatable bonds is 2. The van der Waals surface area contributed by atoms with Crippen LogP contribution in [0.4, 0.5) is 5.69 Å². The minimum absolute atomic E-state index is 0.120. The maximum Gasteiger partial charge on any atom is 0.307 e. The van der Waals surface area contributed by atoms with Gasteiger partial charge in [0.2, 0.25) is 0 Å². The van der Waals surface area contributed by atoms with Crippen molar-refractivity contribution >= 4 is 23.3 Å². The molecular formula is C9H7ClN2O2. The topological polar surface area (TPSA) is 87.1 Å². The van der Waals surface area contributed by atoms with Crippen LogP contribution in [-0.2, 0) is 11.2 Å². The van der Waals surface area contributed by atoms with Crippen molar-refractivity contribution in [1.29, 1.82) is 5.26 Å². The van der Waals surface area contributed by atoms with Gasteiger partial charge >= 0.3 is 5.97 Å². The third-order valence-electron chi connectivity index (χ3n) is 1.73. The van der Waals surface area contributed by atoms with E-state index in [4.69, 9.17) is 27.7 Å². The summed E-state index contributed by atoms with van der Waals surface area (Å²) in [4.78, 5) is 10.5. The van der Waals surface area contributed by atoms with Crippen LogP contribution in [0.2, 0.25) is 5.02 Å². The molecule has 0 aliphatic heterocycles. The smallest absolute Gasteiger partial charge is 0.307 e. The molecule has 0 spiro atoms. The van der Waals surface area contributed by atoms with Crippen LogP contribution in [0.25, 0.3) is 0 Å². The van der Waals surface area contributed by atoms with Crippen molar-refractivity contribution in [2.24, 2.45) is 0 Å². The van der Waals surface area contributed by atoms with E-state index in [1.165, 1.54) is 12.1 Å². The number of anilines is 1. The maximum atomic E-state index is 10.5. The lowest BCUT2D eigenvalue weighted by atomic mass is 10.1. The van der Waals surface area contributed by atoms with Crippen molar-refractivity contribution in [3.05, 3.63) is 28.3 Å². The average molecular weight is 211 g/mol. The zero-order chi connectivity index (χ0) is 10.7. The molecule has 5 heteroatoms. The van der Waals surface area contributed by atoms with Gasteiger partial charge in [0, 0.05) is 11.3 Å². The molecular weight excluding hydrogens is 204 g/mol. The summed E-state index contributed by atoms with van der Waals surface area (Å²) in [6, 6.07) is 4.79. The normalized spacial score (nSPS) is 9.43. The van der Waals surface area contributed by atoms with Crippen LogP contribution in [0.3, 0.4) is 0 Å². The summed E-state index contributed by atoms with van der Waals surface area (Å²) in [6.07, 6.45) is -0.278. The molecule has 0 unspecified atom stereocenters. The Kier molecular flexibility index (Phi) is 2.95. The molecule has 0 heterocycles. The summed E-state index contributed by atoms with van der Waals surface area (Å²) in [5.41, 5.74) is 6.35. The largest absolute Gasteiger partial charge is 0.481 e. The molecule has 0 amide bonds. The molecule has 1 aromatic rings. The van der Waals surface area contributed by atoms with Gasteiger partial charge in [-0.2, -0.15) is 5.26 Å². The van der Waals surface area contributed by atoms with Gasteiger partial charge in [-0.25, -0.2) is 0 Å². The lowest BCUT2D eigenvalue weighted by Crippen LogP contribution is -2.05. The Hall–Kier alpha value is -1.73. The molecule has 0 saturated heterocycles. The van der Waals surface area contributed by atoms with Crippen molar-refractivity contribution in [2.45, 2.75) is 6.42 Å². The fourth-order valence-electron chi connectivity index (χ4n) is 1.05. The number of hydrogen-bond acceptors (Lipinski definition) is 3. The number of nitrogens with two attached hydrogens (primary N) is 1. The Morgan fingerprint density at radius 2 is 2.29 bits per heavy atom. The monoisotopic (exact) mass is 210 g/mol. The molecule has 0 aliphatic rings. The number of carboxylic acids is 1. The van der Waals surface area contributed by atoms with Crippen LogP contribution in [0.1, 0.15) is 11.1 Å². The Morgan fingerprint density at radius 1 is 1.64 bits per heavy atom. The molecule has 0 fully saturated rings. The molecule has 0 radical (unpaired) electrons. The standard InChI is InChI=1S/C9H7ClN2O2/c10-9-5(4-11)1-2-7(12)6(9)3-8(13)14/h1-2H,3,12H2,(H,13,14). The number of carboxylic acid groups (broad SMARTS) is 1. The number of benzene rings is 1. The summed E-state index contributed by atoms with van der Waals surface area (Å²) < 4.78 is 0. The van der Waals surface area contributed by atoms with Crippen LogP contribution in [-0.4, -0.2) is 11.1 Å².